The molecule has 5 heteroatoms. The molecule has 0 aromatic carbocycles. The molecule has 4 aliphatic rings. The fraction of sp³-hybridized carbons (Fsp3) is 0.765. The number of aliphatic hydroxyl groups is 1. The first kappa shape index (κ1) is 14.4. The lowest BCUT2D eigenvalue weighted by Gasteiger charge is -2.57. The summed E-state index contributed by atoms with van der Waals surface area (Å²) >= 11 is 0. The third-order valence-corrected chi connectivity index (χ3v) is 6.72. The van der Waals surface area contributed by atoms with Crippen LogP contribution in [0.3, 0.4) is 0 Å². The van der Waals surface area contributed by atoms with Gasteiger partial charge >= 0.3 is 5.97 Å². The average Bonchev–Trinajstić information content (AvgIpc) is 3.16. The van der Waals surface area contributed by atoms with E-state index >= 15 is 0 Å². The molecule has 0 unspecified atom stereocenters. The van der Waals surface area contributed by atoms with Crippen LogP contribution in [-0.2, 0) is 19.1 Å². The Hall–Kier alpha value is -1.20. The Labute approximate surface area is 129 Å². The minimum absolute atomic E-state index is 0.106. The zero-order valence-corrected chi connectivity index (χ0v) is 13.2. The summed E-state index contributed by atoms with van der Waals surface area (Å²) in [5.41, 5.74) is -0.686. The largest absolute Gasteiger partial charge is 0.459 e. The van der Waals surface area contributed by atoms with Gasteiger partial charge in [-0.15, -0.1) is 0 Å². The van der Waals surface area contributed by atoms with Crippen molar-refractivity contribution in [3.8, 4) is 0 Å². The molecule has 120 valence electrons. The van der Waals surface area contributed by atoms with Crippen LogP contribution in [0.5, 0.6) is 0 Å². The van der Waals surface area contributed by atoms with E-state index in [4.69, 9.17) is 9.47 Å². The van der Waals surface area contributed by atoms with Crippen molar-refractivity contribution in [3.05, 3.63) is 11.6 Å². The number of ketones is 1. The summed E-state index contributed by atoms with van der Waals surface area (Å²) in [6.07, 6.45) is 3.03. The van der Waals surface area contributed by atoms with E-state index in [-0.39, 0.29) is 30.4 Å². The summed E-state index contributed by atoms with van der Waals surface area (Å²) in [5.74, 6) is -0.458. The Balaban J connectivity index is 1.89. The summed E-state index contributed by atoms with van der Waals surface area (Å²) in [4.78, 5) is 24.1. The van der Waals surface area contributed by atoms with Crippen molar-refractivity contribution < 1.29 is 24.2 Å². The summed E-state index contributed by atoms with van der Waals surface area (Å²) in [7, 11) is 0. The summed E-state index contributed by atoms with van der Waals surface area (Å²) in [5, 5.41) is 10.9. The zero-order valence-electron chi connectivity index (χ0n) is 13.2. The van der Waals surface area contributed by atoms with Crippen LogP contribution in [-0.4, -0.2) is 41.3 Å². The maximum Gasteiger partial charge on any atom is 0.330 e. The normalized spacial score (nSPS) is 52.6. The third kappa shape index (κ3) is 1.46. The van der Waals surface area contributed by atoms with Gasteiger partial charge in [0, 0.05) is 17.4 Å². The second kappa shape index (κ2) is 4.01. The SMILES string of the molecule is CC(=O)[C@@]1(C)CCC[C@]2(C)C3=CC(=O)OC[C@]34O[C@@H]4[C@@H](O)[C@@H]12. The van der Waals surface area contributed by atoms with Crippen LogP contribution in [0.4, 0.5) is 0 Å². The molecule has 1 N–H and O–H groups in total. The minimum atomic E-state index is -0.701. The molecule has 0 radical (unpaired) electrons. The molecule has 5 nitrogen and oxygen atoms in total. The van der Waals surface area contributed by atoms with E-state index < -0.39 is 22.5 Å². The molecule has 0 amide bonds. The Morgan fingerprint density at radius 3 is 2.77 bits per heavy atom. The smallest absolute Gasteiger partial charge is 0.330 e. The number of hydrogen-bond donors (Lipinski definition) is 1. The Bertz CT molecular complexity index is 610. The number of cyclic esters (lactones) is 1. The lowest BCUT2D eigenvalue weighted by atomic mass is 9.46. The highest BCUT2D eigenvalue weighted by molar-refractivity contribution is 5.86. The van der Waals surface area contributed by atoms with Gasteiger partial charge in [-0.1, -0.05) is 20.3 Å². The molecule has 0 aromatic rings. The van der Waals surface area contributed by atoms with Crippen molar-refractivity contribution in [2.24, 2.45) is 16.7 Å². The van der Waals surface area contributed by atoms with Crippen molar-refractivity contribution in [1.29, 1.82) is 0 Å². The predicted molar refractivity (Wildman–Crippen MR) is 76.9 cm³/mol. The molecule has 2 heterocycles. The predicted octanol–water partition coefficient (Wildman–Crippen LogP) is 1.38. The van der Waals surface area contributed by atoms with Crippen molar-refractivity contribution in [2.75, 3.05) is 6.61 Å². The standard InChI is InChI=1S/C17H22O5/c1-9(18)15(2)5-4-6-16(3)10-7-11(19)21-8-17(10)14(22-17)12(20)13(15)16/h7,12-14,20H,4-6,8H2,1-3H3/t12-,13-,14+,15+,16+,17-/m0/s1. The van der Waals surface area contributed by atoms with E-state index in [1.54, 1.807) is 13.0 Å². The van der Waals surface area contributed by atoms with Gasteiger partial charge in [-0.25, -0.2) is 4.79 Å². The van der Waals surface area contributed by atoms with Crippen molar-refractivity contribution >= 4 is 11.8 Å². The van der Waals surface area contributed by atoms with E-state index in [1.165, 1.54) is 0 Å². The van der Waals surface area contributed by atoms with Gasteiger partial charge in [-0.3, -0.25) is 4.79 Å². The number of epoxide rings is 1. The van der Waals surface area contributed by atoms with Crippen LogP contribution in [0.25, 0.3) is 0 Å². The van der Waals surface area contributed by atoms with E-state index in [1.807, 2.05) is 6.92 Å². The molecule has 2 aliphatic heterocycles. The van der Waals surface area contributed by atoms with Crippen LogP contribution in [0.15, 0.2) is 11.6 Å². The number of carbonyl (C=O) groups is 2. The highest BCUT2D eigenvalue weighted by atomic mass is 16.7. The quantitative estimate of drug-likeness (QED) is 0.585. The highest BCUT2D eigenvalue weighted by Gasteiger charge is 2.76. The van der Waals surface area contributed by atoms with Gasteiger partial charge in [-0.2, -0.15) is 0 Å². The fourth-order valence-electron chi connectivity index (χ4n) is 5.52. The topological polar surface area (TPSA) is 76.1 Å². The second-order valence-corrected chi connectivity index (χ2v) is 7.81. The number of fused-ring (bicyclic) bond motifs is 2. The molecule has 1 spiro atoms. The Kier molecular flexibility index (Phi) is 2.62. The van der Waals surface area contributed by atoms with Crippen LogP contribution in [0.1, 0.15) is 40.0 Å². The number of carbonyl (C=O) groups excluding carboxylic acids is 2. The summed E-state index contributed by atoms with van der Waals surface area (Å²) in [6, 6.07) is 0. The van der Waals surface area contributed by atoms with E-state index in [9.17, 15) is 14.7 Å². The summed E-state index contributed by atoms with van der Waals surface area (Å²) in [6.45, 7) is 5.82. The highest BCUT2D eigenvalue weighted by Crippen LogP contribution is 2.68. The van der Waals surface area contributed by atoms with Crippen LogP contribution >= 0.6 is 0 Å². The van der Waals surface area contributed by atoms with Crippen LogP contribution in [0.2, 0.25) is 0 Å². The molecule has 2 saturated carbocycles. The molecule has 1 saturated heterocycles. The lowest BCUT2D eigenvalue weighted by molar-refractivity contribution is -0.150. The Morgan fingerprint density at radius 2 is 2.09 bits per heavy atom. The van der Waals surface area contributed by atoms with Crippen molar-refractivity contribution in [2.45, 2.75) is 57.8 Å². The van der Waals surface area contributed by atoms with Gasteiger partial charge in [0.1, 0.15) is 18.5 Å². The zero-order chi connectivity index (χ0) is 15.9. The van der Waals surface area contributed by atoms with E-state index in [0.717, 1.165) is 24.8 Å². The number of hydrogen-bond acceptors (Lipinski definition) is 5. The fourth-order valence-corrected chi connectivity index (χ4v) is 5.52. The average molecular weight is 306 g/mol. The van der Waals surface area contributed by atoms with Crippen LogP contribution < -0.4 is 0 Å². The van der Waals surface area contributed by atoms with Gasteiger partial charge in [0.15, 0.2) is 5.60 Å². The molecule has 0 bridgehead atoms. The number of esters is 1. The minimum Gasteiger partial charge on any atom is -0.459 e. The van der Waals surface area contributed by atoms with E-state index in [2.05, 4.69) is 6.92 Å². The van der Waals surface area contributed by atoms with Gasteiger partial charge in [-0.05, 0) is 30.8 Å². The van der Waals surface area contributed by atoms with Crippen molar-refractivity contribution in [3.63, 3.8) is 0 Å². The third-order valence-electron chi connectivity index (χ3n) is 6.72. The van der Waals surface area contributed by atoms with E-state index in [0.29, 0.717) is 0 Å². The molecular weight excluding hydrogens is 284 g/mol. The molecule has 2 aliphatic carbocycles. The first-order valence-electron chi connectivity index (χ1n) is 8.02. The van der Waals surface area contributed by atoms with Crippen molar-refractivity contribution in [1.82, 2.24) is 0 Å². The van der Waals surface area contributed by atoms with Gasteiger partial charge < -0.3 is 14.6 Å². The first-order valence-corrected chi connectivity index (χ1v) is 8.02. The number of aliphatic hydroxyl groups excluding tert-OH is 1. The molecule has 3 fully saturated rings. The molecular formula is C17H22O5. The molecule has 0 aromatic heterocycles. The van der Waals surface area contributed by atoms with Crippen LogP contribution in [0, 0.1) is 16.7 Å². The second-order valence-electron chi connectivity index (χ2n) is 7.81. The van der Waals surface area contributed by atoms with Gasteiger partial charge in [0.05, 0.1) is 6.10 Å². The first-order chi connectivity index (χ1) is 10.3. The van der Waals surface area contributed by atoms with Gasteiger partial charge in [0.2, 0.25) is 0 Å². The number of rotatable bonds is 1. The molecule has 22 heavy (non-hydrogen) atoms. The number of Topliss-reactive ketones (excluding diaryl/α,β-unsaturated/α-hetero) is 1. The monoisotopic (exact) mass is 306 g/mol. The molecule has 6 atom stereocenters. The van der Waals surface area contributed by atoms with Gasteiger partial charge in [0.25, 0.3) is 0 Å². The maximum absolute atomic E-state index is 12.3. The lowest BCUT2D eigenvalue weighted by Crippen LogP contribution is -2.61. The number of ether oxygens (including phenoxy) is 2. The summed E-state index contributed by atoms with van der Waals surface area (Å²) < 4.78 is 11.0. The maximum atomic E-state index is 12.3. The Morgan fingerprint density at radius 1 is 1.36 bits per heavy atom. The molecule has 4 rings (SSSR count).